The fourth-order valence-electron chi connectivity index (χ4n) is 3.40. The summed E-state index contributed by atoms with van der Waals surface area (Å²) < 4.78 is 7.12. The van der Waals surface area contributed by atoms with E-state index in [-0.39, 0.29) is 17.0 Å². The summed E-state index contributed by atoms with van der Waals surface area (Å²) >= 11 is 0. The number of amides is 1. The highest BCUT2D eigenvalue weighted by Crippen LogP contribution is 2.28. The number of anilines is 1. The molecule has 0 saturated heterocycles. The number of quaternary nitrogens is 1. The quantitative estimate of drug-likeness (QED) is 0.418. The number of fused-ring (bicyclic) bond motifs is 2. The summed E-state index contributed by atoms with van der Waals surface area (Å²) in [5.41, 5.74) is 2.70. The molecule has 8 heteroatoms. The molecule has 2 aromatic rings. The van der Waals surface area contributed by atoms with Gasteiger partial charge in [0.1, 0.15) is 17.7 Å². The molecule has 27 heavy (non-hydrogen) atoms. The SMILES string of the molecule is CC[N+]1(CC)Cc2nc3cc(NC(=O)OC(C)(C)C)ccc3[n+]([O-])c2C1.[Br-]. The van der Waals surface area contributed by atoms with Crippen molar-refractivity contribution in [3.8, 4) is 0 Å². The number of aromatic nitrogens is 2. The van der Waals surface area contributed by atoms with Gasteiger partial charge in [-0.3, -0.25) is 5.32 Å². The van der Waals surface area contributed by atoms with Gasteiger partial charge in [-0.05, 0) is 46.8 Å². The van der Waals surface area contributed by atoms with E-state index in [0.29, 0.717) is 23.3 Å². The Morgan fingerprint density at radius 1 is 1.30 bits per heavy atom. The maximum atomic E-state index is 12.8. The van der Waals surface area contributed by atoms with Gasteiger partial charge < -0.3 is 31.4 Å². The van der Waals surface area contributed by atoms with Crippen LogP contribution >= 0.6 is 0 Å². The lowest BCUT2D eigenvalue weighted by Gasteiger charge is -2.30. The first-order valence-corrected chi connectivity index (χ1v) is 9.06. The molecule has 0 radical (unpaired) electrons. The van der Waals surface area contributed by atoms with Crippen LogP contribution in [0.15, 0.2) is 18.2 Å². The fraction of sp³-hybridized carbons (Fsp3) is 0.526. The zero-order valence-electron chi connectivity index (χ0n) is 16.5. The Kier molecular flexibility index (Phi) is 6.01. The van der Waals surface area contributed by atoms with E-state index in [4.69, 9.17) is 9.72 Å². The molecule has 1 aliphatic heterocycles. The predicted octanol–water partition coefficient (Wildman–Crippen LogP) is 0.0894. The Hall–Kier alpha value is -1.93. The van der Waals surface area contributed by atoms with Crippen molar-refractivity contribution in [2.24, 2.45) is 0 Å². The van der Waals surface area contributed by atoms with Crippen LogP contribution in [0.3, 0.4) is 0 Å². The average Bonchev–Trinajstić information content (AvgIpc) is 2.93. The first-order chi connectivity index (χ1) is 12.2. The molecule has 0 unspecified atom stereocenters. The zero-order valence-corrected chi connectivity index (χ0v) is 18.1. The number of benzene rings is 1. The maximum Gasteiger partial charge on any atom is 0.412 e. The van der Waals surface area contributed by atoms with Crippen molar-refractivity contribution in [2.75, 3.05) is 18.4 Å². The predicted molar refractivity (Wildman–Crippen MR) is 99.3 cm³/mol. The van der Waals surface area contributed by atoms with E-state index in [1.807, 2.05) is 20.8 Å². The van der Waals surface area contributed by atoms with Crippen molar-refractivity contribution in [2.45, 2.75) is 53.3 Å². The molecule has 0 spiro atoms. The Bertz CT molecular complexity index is 860. The second kappa shape index (κ2) is 7.59. The van der Waals surface area contributed by atoms with E-state index in [0.717, 1.165) is 40.2 Å². The Balaban J connectivity index is 0.00000261. The molecular formula is C19H27BrN4O3. The van der Waals surface area contributed by atoms with Crippen LogP contribution in [0, 0.1) is 5.21 Å². The highest BCUT2D eigenvalue weighted by molar-refractivity contribution is 5.88. The number of halogens is 1. The van der Waals surface area contributed by atoms with Gasteiger partial charge in [0.2, 0.25) is 5.52 Å². The van der Waals surface area contributed by atoms with Crippen LogP contribution in [0.4, 0.5) is 10.5 Å². The topological polar surface area (TPSA) is 78.2 Å². The summed E-state index contributed by atoms with van der Waals surface area (Å²) in [6.45, 7) is 13.1. The summed E-state index contributed by atoms with van der Waals surface area (Å²) in [5.74, 6) is 0. The number of nitrogens with one attached hydrogen (secondary N) is 1. The van der Waals surface area contributed by atoms with Crippen LogP contribution in [0.5, 0.6) is 0 Å². The highest BCUT2D eigenvalue weighted by Gasteiger charge is 2.40. The summed E-state index contributed by atoms with van der Waals surface area (Å²) in [4.78, 5) is 16.7. The molecule has 0 atom stereocenters. The summed E-state index contributed by atoms with van der Waals surface area (Å²) in [7, 11) is 0. The molecule has 0 fully saturated rings. The molecule has 0 bridgehead atoms. The summed E-state index contributed by atoms with van der Waals surface area (Å²) in [6, 6.07) is 5.12. The second-order valence-corrected chi connectivity index (χ2v) is 7.92. The zero-order chi connectivity index (χ0) is 19.1. The van der Waals surface area contributed by atoms with Crippen molar-refractivity contribution >= 4 is 22.8 Å². The molecule has 3 rings (SSSR count). The van der Waals surface area contributed by atoms with Gasteiger partial charge in [-0.2, -0.15) is 4.73 Å². The minimum Gasteiger partial charge on any atom is -1.00 e. The van der Waals surface area contributed by atoms with E-state index in [2.05, 4.69) is 19.2 Å². The molecule has 1 amide bonds. The minimum absolute atomic E-state index is 0. The van der Waals surface area contributed by atoms with Crippen molar-refractivity contribution in [3.63, 3.8) is 0 Å². The van der Waals surface area contributed by atoms with Crippen LogP contribution in [0.1, 0.15) is 46.0 Å². The van der Waals surface area contributed by atoms with Crippen molar-refractivity contribution < 1.29 is 35.7 Å². The fourth-order valence-corrected chi connectivity index (χ4v) is 3.40. The number of carbonyl (C=O) groups excluding carboxylic acids is 1. The first-order valence-electron chi connectivity index (χ1n) is 9.06. The molecule has 1 aromatic carbocycles. The van der Waals surface area contributed by atoms with Crippen LogP contribution in [-0.4, -0.2) is 34.3 Å². The number of hydrogen-bond donors (Lipinski definition) is 1. The van der Waals surface area contributed by atoms with Gasteiger partial charge in [0.25, 0.3) is 5.69 Å². The molecule has 0 saturated carbocycles. The largest absolute Gasteiger partial charge is 1.00 e. The van der Waals surface area contributed by atoms with Gasteiger partial charge in [0.15, 0.2) is 12.2 Å². The Morgan fingerprint density at radius 3 is 2.56 bits per heavy atom. The van der Waals surface area contributed by atoms with Crippen molar-refractivity contribution in [1.29, 1.82) is 0 Å². The van der Waals surface area contributed by atoms with Gasteiger partial charge in [-0.1, -0.05) is 0 Å². The van der Waals surface area contributed by atoms with Crippen molar-refractivity contribution in [3.05, 3.63) is 34.8 Å². The lowest BCUT2D eigenvalue weighted by molar-refractivity contribution is -0.947. The van der Waals surface area contributed by atoms with Crippen LogP contribution in [0.2, 0.25) is 0 Å². The van der Waals surface area contributed by atoms with Crippen LogP contribution in [0.25, 0.3) is 11.0 Å². The standard InChI is InChI=1S/C19H26N4O3.BrH/c1-6-23(7-2)11-15-17(12-23)22(25)16-9-8-13(10-14(16)21-15)20-18(24)26-19(3,4)5;/h8-10H,6-7,11-12H2,1-5H3;1H. The number of nitrogens with zero attached hydrogens (tertiary/aromatic N) is 3. The lowest BCUT2D eigenvalue weighted by Crippen LogP contribution is -3.00. The smallest absolute Gasteiger partial charge is 0.412 e. The number of rotatable bonds is 3. The van der Waals surface area contributed by atoms with Crippen molar-refractivity contribution in [1.82, 2.24) is 4.98 Å². The minimum atomic E-state index is -0.570. The van der Waals surface area contributed by atoms with E-state index in [1.54, 1.807) is 18.2 Å². The number of carbonyl (C=O) groups is 1. The Morgan fingerprint density at radius 2 is 1.96 bits per heavy atom. The summed E-state index contributed by atoms with van der Waals surface area (Å²) in [5, 5.41) is 15.5. The molecule has 1 N–H and O–H groups in total. The lowest BCUT2D eigenvalue weighted by atomic mass is 10.2. The van der Waals surface area contributed by atoms with E-state index >= 15 is 0 Å². The second-order valence-electron chi connectivity index (χ2n) is 7.92. The van der Waals surface area contributed by atoms with E-state index in [9.17, 15) is 10.0 Å². The third-order valence-electron chi connectivity index (χ3n) is 4.99. The maximum absolute atomic E-state index is 12.8. The normalized spacial score (nSPS) is 15.1. The van der Waals surface area contributed by atoms with Gasteiger partial charge in [0.05, 0.1) is 13.1 Å². The third-order valence-corrected chi connectivity index (χ3v) is 4.99. The number of ether oxygens (including phenoxy) is 1. The van der Waals surface area contributed by atoms with Crippen LogP contribution in [-0.2, 0) is 17.8 Å². The van der Waals surface area contributed by atoms with Crippen LogP contribution < -0.4 is 27.0 Å². The van der Waals surface area contributed by atoms with E-state index in [1.165, 1.54) is 0 Å². The third kappa shape index (κ3) is 4.32. The first kappa shape index (κ1) is 21.4. The average molecular weight is 439 g/mol. The van der Waals surface area contributed by atoms with E-state index < -0.39 is 11.7 Å². The highest BCUT2D eigenvalue weighted by atomic mass is 79.9. The van der Waals surface area contributed by atoms with Gasteiger partial charge in [-0.25, -0.2) is 9.78 Å². The Labute approximate surface area is 170 Å². The molecule has 2 heterocycles. The molecule has 148 valence electrons. The number of hydrogen-bond acceptors (Lipinski definition) is 4. The van der Waals surface area contributed by atoms with Gasteiger partial charge in [-0.15, -0.1) is 0 Å². The van der Waals surface area contributed by atoms with Gasteiger partial charge in [0, 0.05) is 11.8 Å². The molecule has 1 aliphatic rings. The molecule has 1 aromatic heterocycles. The molecule has 7 nitrogen and oxygen atoms in total. The monoisotopic (exact) mass is 438 g/mol. The molecular weight excluding hydrogens is 412 g/mol. The summed E-state index contributed by atoms with van der Waals surface area (Å²) in [6.07, 6.45) is -0.527. The molecule has 0 aliphatic carbocycles. The van der Waals surface area contributed by atoms with Gasteiger partial charge >= 0.3 is 6.09 Å².